The van der Waals surface area contributed by atoms with Gasteiger partial charge in [-0.15, -0.1) is 0 Å². The summed E-state index contributed by atoms with van der Waals surface area (Å²) in [6.07, 6.45) is 0.978. The lowest BCUT2D eigenvalue weighted by molar-refractivity contribution is -0.120. The van der Waals surface area contributed by atoms with Gasteiger partial charge in [0, 0.05) is 19.0 Å². The third-order valence-corrected chi connectivity index (χ3v) is 7.84. The largest absolute Gasteiger partial charge is 0.495 e. The predicted octanol–water partition coefficient (Wildman–Crippen LogP) is 3.97. The molecule has 2 aromatic rings. The van der Waals surface area contributed by atoms with Crippen molar-refractivity contribution in [3.8, 4) is 5.75 Å². The molecule has 7 heteroatoms. The molecule has 0 aromatic heterocycles. The van der Waals surface area contributed by atoms with Gasteiger partial charge < -0.3 is 10.1 Å². The number of sulfonamides is 1. The van der Waals surface area contributed by atoms with Crippen molar-refractivity contribution >= 4 is 21.6 Å². The number of carbonyl (C=O) groups is 1. The fourth-order valence-corrected chi connectivity index (χ4v) is 6.10. The van der Waals surface area contributed by atoms with Crippen LogP contribution in [0.2, 0.25) is 0 Å². The highest BCUT2D eigenvalue weighted by Gasteiger charge is 2.33. The molecule has 1 N–H and O–H groups in total. The number of amides is 1. The number of nitrogens with zero attached hydrogens (tertiary/aromatic N) is 1. The summed E-state index contributed by atoms with van der Waals surface area (Å²) in [4.78, 5) is 13.2. The molecule has 0 spiro atoms. The lowest BCUT2D eigenvalue weighted by Crippen LogP contribution is -2.41. The molecule has 0 bridgehead atoms. The second-order valence-electron chi connectivity index (χ2n) is 8.10. The monoisotopic (exact) mass is 430 g/mol. The number of methoxy groups -OCH3 is 1. The Kier molecular flexibility index (Phi) is 6.53. The number of hydrogen-bond donors (Lipinski definition) is 1. The van der Waals surface area contributed by atoms with E-state index in [-0.39, 0.29) is 11.8 Å². The first-order chi connectivity index (χ1) is 14.1. The minimum atomic E-state index is -3.58. The molecular formula is C23H30N2O4S. The Balaban J connectivity index is 1.70. The van der Waals surface area contributed by atoms with Crippen LogP contribution in [0.15, 0.2) is 35.2 Å². The maximum Gasteiger partial charge on any atom is 0.243 e. The molecular weight excluding hydrogens is 400 g/mol. The topological polar surface area (TPSA) is 75.7 Å². The van der Waals surface area contributed by atoms with E-state index in [2.05, 4.69) is 5.32 Å². The van der Waals surface area contributed by atoms with Crippen molar-refractivity contribution in [1.82, 2.24) is 4.31 Å². The molecule has 6 nitrogen and oxygen atoms in total. The van der Waals surface area contributed by atoms with Crippen molar-refractivity contribution in [3.05, 3.63) is 52.6 Å². The van der Waals surface area contributed by atoms with Crippen molar-refractivity contribution in [2.75, 3.05) is 25.5 Å². The van der Waals surface area contributed by atoms with E-state index in [1.807, 2.05) is 58.0 Å². The smallest absolute Gasteiger partial charge is 0.243 e. The average Bonchev–Trinajstić information content (AvgIpc) is 2.67. The SMILES string of the molecule is COc1ccc(C)cc1NC(=O)C1CCN(S(=O)(=O)c2c(C)cc(C)cc2C)CC1. The molecule has 0 saturated carbocycles. The Labute approximate surface area is 179 Å². The van der Waals surface area contributed by atoms with E-state index < -0.39 is 10.0 Å². The Hall–Kier alpha value is -2.38. The van der Waals surface area contributed by atoms with E-state index in [0.29, 0.717) is 42.3 Å². The van der Waals surface area contributed by atoms with Crippen LogP contribution >= 0.6 is 0 Å². The first-order valence-electron chi connectivity index (χ1n) is 10.2. The van der Waals surface area contributed by atoms with Crippen LogP contribution < -0.4 is 10.1 Å². The van der Waals surface area contributed by atoms with E-state index in [1.165, 1.54) is 4.31 Å². The molecule has 1 aliphatic heterocycles. The molecule has 3 rings (SSSR count). The van der Waals surface area contributed by atoms with Crippen LogP contribution in [-0.4, -0.2) is 38.8 Å². The van der Waals surface area contributed by atoms with Crippen molar-refractivity contribution in [3.63, 3.8) is 0 Å². The summed E-state index contributed by atoms with van der Waals surface area (Å²) in [7, 11) is -2.01. The van der Waals surface area contributed by atoms with Crippen LogP contribution in [0.1, 0.15) is 35.1 Å². The number of nitrogens with one attached hydrogen (secondary N) is 1. The summed E-state index contributed by atoms with van der Waals surface area (Å²) >= 11 is 0. The van der Waals surface area contributed by atoms with Gasteiger partial charge in [0.25, 0.3) is 0 Å². The number of anilines is 1. The Bertz CT molecular complexity index is 1030. The first-order valence-corrected chi connectivity index (χ1v) is 11.6. The van der Waals surface area contributed by atoms with Gasteiger partial charge in [-0.25, -0.2) is 8.42 Å². The van der Waals surface area contributed by atoms with Gasteiger partial charge >= 0.3 is 0 Å². The maximum atomic E-state index is 13.2. The van der Waals surface area contributed by atoms with E-state index in [4.69, 9.17) is 4.74 Å². The standard InChI is InChI=1S/C23H30N2O4S/c1-15-6-7-21(29-5)20(14-15)24-23(26)19-8-10-25(11-9-19)30(27,28)22-17(3)12-16(2)13-18(22)4/h6-7,12-14,19H,8-11H2,1-5H3,(H,24,26). The molecule has 1 fully saturated rings. The number of rotatable bonds is 5. The first kappa shape index (κ1) is 22.3. The van der Waals surface area contributed by atoms with E-state index in [0.717, 1.165) is 22.3 Å². The van der Waals surface area contributed by atoms with Crippen molar-refractivity contribution in [2.45, 2.75) is 45.4 Å². The second kappa shape index (κ2) is 8.78. The molecule has 2 aromatic carbocycles. The van der Waals surface area contributed by atoms with Crippen LogP contribution in [0.4, 0.5) is 5.69 Å². The number of carbonyl (C=O) groups excluding carboxylic acids is 1. The highest BCUT2D eigenvalue weighted by Crippen LogP contribution is 2.30. The zero-order chi connectivity index (χ0) is 22.1. The summed E-state index contributed by atoms with van der Waals surface area (Å²) < 4.78 is 33.3. The Morgan fingerprint density at radius 3 is 2.17 bits per heavy atom. The lowest BCUT2D eigenvalue weighted by Gasteiger charge is -2.31. The van der Waals surface area contributed by atoms with Gasteiger partial charge in [-0.05, 0) is 69.4 Å². The lowest BCUT2D eigenvalue weighted by atomic mass is 9.97. The van der Waals surface area contributed by atoms with E-state index >= 15 is 0 Å². The number of benzene rings is 2. The third-order valence-electron chi connectivity index (χ3n) is 5.64. The quantitative estimate of drug-likeness (QED) is 0.779. The van der Waals surface area contributed by atoms with E-state index in [1.54, 1.807) is 7.11 Å². The van der Waals surface area contributed by atoms with Gasteiger partial charge in [-0.3, -0.25) is 4.79 Å². The molecule has 0 unspecified atom stereocenters. The minimum Gasteiger partial charge on any atom is -0.495 e. The van der Waals surface area contributed by atoms with Gasteiger partial charge in [-0.2, -0.15) is 4.31 Å². The predicted molar refractivity (Wildman–Crippen MR) is 118 cm³/mol. The van der Waals surface area contributed by atoms with Gasteiger partial charge in [0.2, 0.25) is 15.9 Å². The van der Waals surface area contributed by atoms with Gasteiger partial charge in [-0.1, -0.05) is 23.8 Å². The maximum absolute atomic E-state index is 13.2. The molecule has 1 amide bonds. The van der Waals surface area contributed by atoms with Gasteiger partial charge in [0.15, 0.2) is 0 Å². The summed E-state index contributed by atoms with van der Waals surface area (Å²) in [5.41, 5.74) is 4.24. The molecule has 1 saturated heterocycles. The van der Waals surface area contributed by atoms with Gasteiger partial charge in [0.1, 0.15) is 5.75 Å². The summed E-state index contributed by atoms with van der Waals surface area (Å²) in [5.74, 6) is 0.278. The molecule has 1 heterocycles. The fraction of sp³-hybridized carbons (Fsp3) is 0.435. The van der Waals surface area contributed by atoms with Crippen LogP contribution in [0, 0.1) is 33.6 Å². The van der Waals surface area contributed by atoms with Crippen LogP contribution in [0.3, 0.4) is 0 Å². The Morgan fingerprint density at radius 2 is 1.60 bits per heavy atom. The summed E-state index contributed by atoms with van der Waals surface area (Å²) in [6, 6.07) is 9.42. The zero-order valence-corrected chi connectivity index (χ0v) is 19.1. The number of piperidine rings is 1. The van der Waals surface area contributed by atoms with Crippen LogP contribution in [0.25, 0.3) is 0 Å². The molecule has 0 atom stereocenters. The van der Waals surface area contributed by atoms with Gasteiger partial charge in [0.05, 0.1) is 17.7 Å². The second-order valence-corrected chi connectivity index (χ2v) is 9.97. The minimum absolute atomic E-state index is 0.0985. The highest BCUT2D eigenvalue weighted by molar-refractivity contribution is 7.89. The number of aryl methyl sites for hydroxylation is 4. The van der Waals surface area contributed by atoms with Crippen LogP contribution in [0.5, 0.6) is 5.75 Å². The Morgan fingerprint density at radius 1 is 1.00 bits per heavy atom. The van der Waals surface area contributed by atoms with E-state index in [9.17, 15) is 13.2 Å². The molecule has 0 radical (unpaired) electrons. The number of ether oxygens (including phenoxy) is 1. The zero-order valence-electron chi connectivity index (χ0n) is 18.3. The molecule has 30 heavy (non-hydrogen) atoms. The highest BCUT2D eigenvalue weighted by atomic mass is 32.2. The normalized spacial score (nSPS) is 15.8. The molecule has 162 valence electrons. The summed E-state index contributed by atoms with van der Waals surface area (Å²) in [5, 5.41) is 2.95. The van der Waals surface area contributed by atoms with Crippen molar-refractivity contribution in [1.29, 1.82) is 0 Å². The van der Waals surface area contributed by atoms with Crippen LogP contribution in [-0.2, 0) is 14.8 Å². The van der Waals surface area contributed by atoms with Crippen molar-refractivity contribution in [2.24, 2.45) is 5.92 Å². The molecule has 0 aliphatic carbocycles. The molecule has 1 aliphatic rings. The summed E-state index contributed by atoms with van der Waals surface area (Å²) in [6.45, 7) is 8.25. The third kappa shape index (κ3) is 4.52. The van der Waals surface area contributed by atoms with Crippen molar-refractivity contribution < 1.29 is 17.9 Å². The average molecular weight is 431 g/mol. The number of hydrogen-bond acceptors (Lipinski definition) is 4. The fourth-order valence-electron chi connectivity index (χ4n) is 4.22.